The second-order valence-corrected chi connectivity index (χ2v) is 6.08. The van der Waals surface area contributed by atoms with Gasteiger partial charge in [-0.05, 0) is 18.2 Å². The molecule has 0 N–H and O–H groups in total. The predicted molar refractivity (Wildman–Crippen MR) is 85.0 cm³/mol. The number of halogens is 4. The number of ether oxygens (including phenoxy) is 1. The van der Waals surface area contributed by atoms with E-state index in [1.807, 2.05) is 0 Å². The third-order valence-electron chi connectivity index (χ3n) is 3.38. The number of benzene rings is 1. The quantitative estimate of drug-likeness (QED) is 0.515. The van der Waals surface area contributed by atoms with Crippen molar-refractivity contribution in [2.45, 2.75) is 11.3 Å². The first-order chi connectivity index (χ1) is 11.8. The summed E-state index contributed by atoms with van der Waals surface area (Å²) in [7, 11) is 2.99. The lowest BCUT2D eigenvalue weighted by Gasteiger charge is -2.09. The molecule has 2 heterocycles. The monoisotopic (exact) mass is 372 g/mol. The van der Waals surface area contributed by atoms with Crippen molar-refractivity contribution in [2.24, 2.45) is 7.05 Å². The second kappa shape index (κ2) is 6.51. The topological polar surface area (TPSA) is 52.8 Å². The molecule has 132 valence electrons. The number of thioether (sulfide) groups is 1. The van der Waals surface area contributed by atoms with Crippen molar-refractivity contribution in [1.82, 2.24) is 19.7 Å². The third-order valence-corrected chi connectivity index (χ3v) is 4.47. The van der Waals surface area contributed by atoms with Crippen LogP contribution in [0.4, 0.5) is 17.6 Å². The maximum absolute atomic E-state index is 13.4. The van der Waals surface area contributed by atoms with E-state index < -0.39 is 17.7 Å². The smallest absolute Gasteiger partial charge is 0.398 e. The van der Waals surface area contributed by atoms with Gasteiger partial charge in [0.15, 0.2) is 11.0 Å². The molecule has 2 aromatic heterocycles. The number of nitrogens with zero attached hydrogens (tertiary/aromatic N) is 4. The average molecular weight is 372 g/mol. The van der Waals surface area contributed by atoms with Crippen LogP contribution < -0.4 is 4.74 Å². The fraction of sp³-hybridized carbons (Fsp3) is 0.267. The third kappa shape index (κ3) is 3.68. The summed E-state index contributed by atoms with van der Waals surface area (Å²) in [5.74, 6) is -0.821. The van der Waals surface area contributed by atoms with Crippen molar-refractivity contribution in [2.75, 3.05) is 12.9 Å². The summed E-state index contributed by atoms with van der Waals surface area (Å²) in [5, 5.41) is 8.30. The molecule has 0 bridgehead atoms. The summed E-state index contributed by atoms with van der Waals surface area (Å²) >= 11 is 0.541. The zero-order valence-electron chi connectivity index (χ0n) is 13.1. The Morgan fingerprint density at radius 3 is 2.64 bits per heavy atom. The highest BCUT2D eigenvalue weighted by atomic mass is 32.2. The van der Waals surface area contributed by atoms with Crippen LogP contribution in [0.1, 0.15) is 0 Å². The van der Waals surface area contributed by atoms with E-state index in [2.05, 4.69) is 15.2 Å². The molecule has 10 heteroatoms. The largest absolute Gasteiger partial charge is 0.496 e. The molecule has 25 heavy (non-hydrogen) atoms. The second-order valence-electron chi connectivity index (χ2n) is 5.14. The van der Waals surface area contributed by atoms with E-state index in [-0.39, 0.29) is 11.0 Å². The lowest BCUT2D eigenvalue weighted by Crippen LogP contribution is -2.11. The Morgan fingerprint density at radius 1 is 1.20 bits per heavy atom. The molecule has 0 atom stereocenters. The number of aromatic nitrogens is 4. The number of hydrogen-bond acceptors (Lipinski definition) is 5. The Balaban J connectivity index is 2.02. The standard InChI is InChI=1S/C15H12F4N4OS/c1-23-13(21-22-14(23)25-7-15(17,18)19)11-6-12(24-2)9-5-8(16)3-4-10(9)20-11/h3-6H,7H2,1-2H3. The number of pyridine rings is 1. The van der Waals surface area contributed by atoms with Gasteiger partial charge in [-0.3, -0.25) is 0 Å². The van der Waals surface area contributed by atoms with Gasteiger partial charge in [-0.15, -0.1) is 10.2 Å². The minimum Gasteiger partial charge on any atom is -0.496 e. The molecule has 0 radical (unpaired) electrons. The van der Waals surface area contributed by atoms with Gasteiger partial charge in [-0.25, -0.2) is 9.37 Å². The summed E-state index contributed by atoms with van der Waals surface area (Å²) in [6.45, 7) is 0. The fourth-order valence-electron chi connectivity index (χ4n) is 2.26. The number of hydrogen-bond donors (Lipinski definition) is 0. The van der Waals surface area contributed by atoms with Crippen LogP contribution in [-0.4, -0.2) is 38.8 Å². The summed E-state index contributed by atoms with van der Waals surface area (Å²) in [4.78, 5) is 4.38. The van der Waals surface area contributed by atoms with Crippen molar-refractivity contribution < 1.29 is 22.3 Å². The Hall–Kier alpha value is -2.36. The lowest BCUT2D eigenvalue weighted by atomic mass is 10.1. The van der Waals surface area contributed by atoms with Crippen LogP contribution in [0.15, 0.2) is 29.4 Å². The first-order valence-electron chi connectivity index (χ1n) is 7.02. The van der Waals surface area contributed by atoms with Crippen LogP contribution in [0.25, 0.3) is 22.4 Å². The highest BCUT2D eigenvalue weighted by Gasteiger charge is 2.28. The van der Waals surface area contributed by atoms with E-state index in [4.69, 9.17) is 4.74 Å². The van der Waals surface area contributed by atoms with Crippen LogP contribution in [-0.2, 0) is 7.05 Å². The zero-order chi connectivity index (χ0) is 18.2. The van der Waals surface area contributed by atoms with Crippen molar-refractivity contribution in [3.63, 3.8) is 0 Å². The number of rotatable bonds is 4. The van der Waals surface area contributed by atoms with E-state index in [0.29, 0.717) is 34.1 Å². The van der Waals surface area contributed by atoms with E-state index in [1.54, 1.807) is 13.1 Å². The number of fused-ring (bicyclic) bond motifs is 1. The highest BCUT2D eigenvalue weighted by molar-refractivity contribution is 7.99. The molecule has 5 nitrogen and oxygen atoms in total. The van der Waals surface area contributed by atoms with Crippen molar-refractivity contribution >= 4 is 22.7 Å². The van der Waals surface area contributed by atoms with Crippen LogP contribution >= 0.6 is 11.8 Å². The molecule has 3 rings (SSSR count). The molecule has 0 unspecified atom stereocenters. The first-order valence-corrected chi connectivity index (χ1v) is 8.00. The predicted octanol–water partition coefficient (Wildman–Crippen LogP) is 3.83. The maximum atomic E-state index is 13.4. The normalized spacial score (nSPS) is 11.9. The highest BCUT2D eigenvalue weighted by Crippen LogP contribution is 2.32. The van der Waals surface area contributed by atoms with Gasteiger partial charge >= 0.3 is 6.18 Å². The zero-order valence-corrected chi connectivity index (χ0v) is 14.0. The molecule has 0 aliphatic heterocycles. The molecule has 0 saturated carbocycles. The van der Waals surface area contributed by atoms with Gasteiger partial charge in [0.05, 0.1) is 18.4 Å². The van der Waals surface area contributed by atoms with Crippen molar-refractivity contribution in [3.05, 3.63) is 30.1 Å². The van der Waals surface area contributed by atoms with Crippen LogP contribution in [0.5, 0.6) is 5.75 Å². The summed E-state index contributed by atoms with van der Waals surface area (Å²) in [6.07, 6.45) is -4.30. The van der Waals surface area contributed by atoms with Gasteiger partial charge in [-0.1, -0.05) is 11.8 Å². The minimum absolute atomic E-state index is 0.118. The van der Waals surface area contributed by atoms with Crippen LogP contribution in [0, 0.1) is 5.82 Å². The Bertz CT molecular complexity index is 926. The van der Waals surface area contributed by atoms with E-state index in [0.717, 1.165) is 0 Å². The molecule has 0 aliphatic carbocycles. The molecule has 3 aromatic rings. The molecule has 0 fully saturated rings. The van der Waals surface area contributed by atoms with Gasteiger partial charge in [-0.2, -0.15) is 13.2 Å². The van der Waals surface area contributed by atoms with E-state index in [1.165, 1.54) is 29.9 Å². The fourth-order valence-corrected chi connectivity index (χ4v) is 2.93. The van der Waals surface area contributed by atoms with Gasteiger partial charge in [0.1, 0.15) is 17.3 Å². The van der Waals surface area contributed by atoms with E-state index >= 15 is 0 Å². The van der Waals surface area contributed by atoms with E-state index in [9.17, 15) is 17.6 Å². The molecule has 0 saturated heterocycles. The molecular weight excluding hydrogens is 360 g/mol. The maximum Gasteiger partial charge on any atom is 0.398 e. The summed E-state index contributed by atoms with van der Waals surface area (Å²) in [6, 6.07) is 5.60. The van der Waals surface area contributed by atoms with Gasteiger partial charge in [0.25, 0.3) is 0 Å². The summed E-state index contributed by atoms with van der Waals surface area (Å²) < 4.78 is 57.2. The number of alkyl halides is 3. The van der Waals surface area contributed by atoms with Gasteiger partial charge in [0, 0.05) is 18.5 Å². The molecular formula is C15H12F4N4OS. The average Bonchev–Trinajstić information content (AvgIpc) is 2.92. The molecule has 0 spiro atoms. The molecule has 0 amide bonds. The van der Waals surface area contributed by atoms with Crippen molar-refractivity contribution in [1.29, 1.82) is 0 Å². The summed E-state index contributed by atoms with van der Waals surface area (Å²) in [5.41, 5.74) is 0.841. The SMILES string of the molecule is COc1cc(-c2nnc(SCC(F)(F)F)n2C)nc2ccc(F)cc12. The van der Waals surface area contributed by atoms with Crippen LogP contribution in [0.2, 0.25) is 0 Å². The van der Waals surface area contributed by atoms with Gasteiger partial charge in [0.2, 0.25) is 0 Å². The van der Waals surface area contributed by atoms with Gasteiger partial charge < -0.3 is 9.30 Å². The van der Waals surface area contributed by atoms with Crippen LogP contribution in [0.3, 0.4) is 0 Å². The Labute approximate surface area is 144 Å². The number of methoxy groups -OCH3 is 1. The first kappa shape index (κ1) is 17.5. The molecule has 1 aromatic carbocycles. The Kier molecular flexibility index (Phi) is 4.55. The Morgan fingerprint density at radius 2 is 1.96 bits per heavy atom. The molecule has 0 aliphatic rings. The van der Waals surface area contributed by atoms with Crippen molar-refractivity contribution in [3.8, 4) is 17.3 Å². The minimum atomic E-state index is -4.30. The lowest BCUT2D eigenvalue weighted by molar-refractivity contribution is -0.105.